The maximum Gasteiger partial charge on any atom is 0.141 e. The van der Waals surface area contributed by atoms with Gasteiger partial charge in [-0.25, -0.2) is 0 Å². The molecule has 0 aromatic carbocycles. The zero-order chi connectivity index (χ0) is 14.5. The molecule has 20 heavy (non-hydrogen) atoms. The van der Waals surface area contributed by atoms with Crippen molar-refractivity contribution in [2.45, 2.75) is 64.3 Å². The van der Waals surface area contributed by atoms with Crippen LogP contribution in [-0.2, 0) is 13.2 Å². The Morgan fingerprint density at radius 3 is 2.80 bits per heavy atom. The molecule has 1 aromatic rings. The van der Waals surface area contributed by atoms with E-state index in [-0.39, 0.29) is 24.5 Å². The molecular formula is C15H24N2O3. The highest BCUT2D eigenvalue weighted by atomic mass is 16.3. The van der Waals surface area contributed by atoms with E-state index in [9.17, 15) is 15.3 Å². The van der Waals surface area contributed by atoms with Crippen LogP contribution >= 0.6 is 0 Å². The summed E-state index contributed by atoms with van der Waals surface area (Å²) in [6.45, 7) is 2.03. The molecule has 0 saturated heterocycles. The lowest BCUT2D eigenvalue weighted by molar-refractivity contribution is 0.119. The van der Waals surface area contributed by atoms with Gasteiger partial charge in [0.25, 0.3) is 0 Å². The molecule has 1 fully saturated rings. The zero-order valence-electron chi connectivity index (χ0n) is 12.0. The van der Waals surface area contributed by atoms with Gasteiger partial charge in [-0.1, -0.05) is 19.3 Å². The highest BCUT2D eigenvalue weighted by molar-refractivity contribution is 5.40. The topological polar surface area (TPSA) is 85.6 Å². The van der Waals surface area contributed by atoms with Crippen molar-refractivity contribution in [2.75, 3.05) is 0 Å². The van der Waals surface area contributed by atoms with Crippen molar-refractivity contribution in [3.05, 3.63) is 23.0 Å². The summed E-state index contributed by atoms with van der Waals surface area (Å²) in [5.41, 5.74) is 1.86. The Kier molecular flexibility index (Phi) is 5.34. The van der Waals surface area contributed by atoms with Crippen LogP contribution in [-0.4, -0.2) is 32.4 Å². The molecule has 2 unspecified atom stereocenters. The van der Waals surface area contributed by atoms with Gasteiger partial charge in [0.15, 0.2) is 0 Å². The predicted octanol–water partition coefficient (Wildman–Crippen LogP) is 1.37. The molecule has 0 radical (unpaired) electrons. The van der Waals surface area contributed by atoms with Crippen LogP contribution in [0.25, 0.3) is 0 Å². The van der Waals surface area contributed by atoms with E-state index in [0.29, 0.717) is 23.4 Å². The molecular weight excluding hydrogens is 256 g/mol. The molecule has 1 aliphatic rings. The third-order valence-corrected chi connectivity index (χ3v) is 4.12. The number of pyridine rings is 1. The minimum absolute atomic E-state index is 0.0527. The number of aliphatic hydroxyl groups is 2. The van der Waals surface area contributed by atoms with Gasteiger partial charge >= 0.3 is 0 Å². The maximum absolute atomic E-state index is 10.1. The lowest BCUT2D eigenvalue weighted by Gasteiger charge is -2.23. The summed E-state index contributed by atoms with van der Waals surface area (Å²) >= 11 is 0. The number of aryl methyl sites for hydroxylation is 1. The number of rotatable bonds is 4. The minimum Gasteiger partial charge on any atom is -0.506 e. The van der Waals surface area contributed by atoms with E-state index in [2.05, 4.69) is 10.3 Å². The average molecular weight is 280 g/mol. The first-order chi connectivity index (χ1) is 9.63. The lowest BCUT2D eigenvalue weighted by atomic mass is 10.0. The third kappa shape index (κ3) is 3.48. The predicted molar refractivity (Wildman–Crippen MR) is 76.3 cm³/mol. The fourth-order valence-electron chi connectivity index (χ4n) is 2.78. The third-order valence-electron chi connectivity index (χ3n) is 4.12. The van der Waals surface area contributed by atoms with E-state index in [1.807, 2.05) is 0 Å². The van der Waals surface area contributed by atoms with Crippen molar-refractivity contribution >= 4 is 0 Å². The van der Waals surface area contributed by atoms with Gasteiger partial charge in [0.05, 0.1) is 18.4 Å². The molecule has 1 aromatic heterocycles. The Hall–Kier alpha value is -1.17. The molecule has 0 amide bonds. The number of nitrogens with one attached hydrogen (secondary N) is 1. The van der Waals surface area contributed by atoms with Gasteiger partial charge in [-0.15, -0.1) is 0 Å². The molecule has 0 bridgehead atoms. The van der Waals surface area contributed by atoms with Crippen LogP contribution < -0.4 is 5.32 Å². The second kappa shape index (κ2) is 7.02. The van der Waals surface area contributed by atoms with Gasteiger partial charge in [-0.2, -0.15) is 0 Å². The fourth-order valence-corrected chi connectivity index (χ4v) is 2.78. The summed E-state index contributed by atoms with van der Waals surface area (Å²) in [6, 6.07) is 0.0527. The van der Waals surface area contributed by atoms with Crippen LogP contribution in [0, 0.1) is 6.92 Å². The Morgan fingerprint density at radius 2 is 2.05 bits per heavy atom. The largest absolute Gasteiger partial charge is 0.506 e. The number of hydrogen-bond donors (Lipinski definition) is 4. The second-order valence-corrected chi connectivity index (χ2v) is 5.55. The van der Waals surface area contributed by atoms with E-state index in [1.54, 1.807) is 13.1 Å². The van der Waals surface area contributed by atoms with Crippen LogP contribution in [0.2, 0.25) is 0 Å². The number of aromatic nitrogens is 1. The molecule has 112 valence electrons. The van der Waals surface area contributed by atoms with Crippen LogP contribution in [0.15, 0.2) is 6.20 Å². The van der Waals surface area contributed by atoms with Crippen LogP contribution in [0.1, 0.15) is 48.9 Å². The van der Waals surface area contributed by atoms with Gasteiger partial charge in [0.2, 0.25) is 0 Å². The summed E-state index contributed by atoms with van der Waals surface area (Å²) in [4.78, 5) is 4.05. The molecule has 4 N–H and O–H groups in total. The molecule has 2 atom stereocenters. The van der Waals surface area contributed by atoms with Gasteiger partial charge < -0.3 is 20.6 Å². The van der Waals surface area contributed by atoms with Crippen molar-refractivity contribution in [3.8, 4) is 5.75 Å². The van der Waals surface area contributed by atoms with E-state index in [1.165, 1.54) is 0 Å². The highest BCUT2D eigenvalue weighted by Crippen LogP contribution is 2.25. The first kappa shape index (κ1) is 15.2. The van der Waals surface area contributed by atoms with Gasteiger partial charge in [-0.3, -0.25) is 4.98 Å². The van der Waals surface area contributed by atoms with Crippen molar-refractivity contribution in [1.82, 2.24) is 10.3 Å². The maximum atomic E-state index is 10.1. The molecule has 2 rings (SSSR count). The van der Waals surface area contributed by atoms with E-state index >= 15 is 0 Å². The molecule has 1 aliphatic carbocycles. The van der Waals surface area contributed by atoms with Crippen LogP contribution in [0.5, 0.6) is 5.75 Å². The Morgan fingerprint density at radius 1 is 1.30 bits per heavy atom. The SMILES string of the molecule is Cc1ncc(CO)c(CNC2CCCCCC2O)c1O. The molecule has 1 saturated carbocycles. The lowest BCUT2D eigenvalue weighted by Crippen LogP contribution is -2.38. The van der Waals surface area contributed by atoms with Crippen molar-refractivity contribution in [1.29, 1.82) is 0 Å². The van der Waals surface area contributed by atoms with E-state index in [0.717, 1.165) is 32.1 Å². The first-order valence-corrected chi connectivity index (χ1v) is 7.32. The molecule has 1 heterocycles. The molecule has 5 heteroatoms. The van der Waals surface area contributed by atoms with Crippen molar-refractivity contribution < 1.29 is 15.3 Å². The fraction of sp³-hybridized carbons (Fsp3) is 0.667. The Bertz CT molecular complexity index is 451. The number of hydrogen-bond acceptors (Lipinski definition) is 5. The first-order valence-electron chi connectivity index (χ1n) is 7.32. The van der Waals surface area contributed by atoms with E-state index < -0.39 is 0 Å². The average Bonchev–Trinajstić information content (AvgIpc) is 2.65. The van der Waals surface area contributed by atoms with Gasteiger partial charge in [0.1, 0.15) is 5.75 Å². The van der Waals surface area contributed by atoms with Gasteiger partial charge in [-0.05, 0) is 19.8 Å². The summed E-state index contributed by atoms with van der Waals surface area (Å²) in [5, 5.41) is 32.8. The highest BCUT2D eigenvalue weighted by Gasteiger charge is 2.22. The number of aliphatic hydroxyl groups excluding tert-OH is 2. The smallest absolute Gasteiger partial charge is 0.141 e. The van der Waals surface area contributed by atoms with E-state index in [4.69, 9.17) is 0 Å². The monoisotopic (exact) mass is 280 g/mol. The molecule has 0 aliphatic heterocycles. The van der Waals surface area contributed by atoms with Crippen molar-refractivity contribution in [2.24, 2.45) is 0 Å². The quantitative estimate of drug-likeness (QED) is 0.626. The summed E-state index contributed by atoms with van der Waals surface area (Å²) in [5.74, 6) is 0.132. The minimum atomic E-state index is -0.333. The molecule has 5 nitrogen and oxygen atoms in total. The summed E-state index contributed by atoms with van der Waals surface area (Å²) in [7, 11) is 0. The van der Waals surface area contributed by atoms with Gasteiger partial charge in [0, 0.05) is 29.9 Å². The summed E-state index contributed by atoms with van der Waals surface area (Å²) in [6.07, 6.45) is 6.38. The Balaban J connectivity index is 2.08. The zero-order valence-corrected chi connectivity index (χ0v) is 12.0. The van der Waals surface area contributed by atoms with Crippen LogP contribution in [0.3, 0.4) is 0 Å². The van der Waals surface area contributed by atoms with Crippen LogP contribution in [0.4, 0.5) is 0 Å². The standard InChI is InChI=1S/C15H24N2O3/c1-10-15(20)12(11(9-18)7-16-10)8-17-13-5-3-2-4-6-14(13)19/h7,13-14,17-20H,2-6,8-9H2,1H3. The van der Waals surface area contributed by atoms with Crippen molar-refractivity contribution in [3.63, 3.8) is 0 Å². The normalized spacial score (nSPS) is 23.6. The number of aromatic hydroxyl groups is 1. The Labute approximate surface area is 119 Å². The summed E-state index contributed by atoms with van der Waals surface area (Å²) < 4.78 is 0. The second-order valence-electron chi connectivity index (χ2n) is 5.55. The number of nitrogens with zero attached hydrogens (tertiary/aromatic N) is 1. The molecule has 0 spiro atoms.